The second-order valence-electron chi connectivity index (χ2n) is 7.23. The summed E-state index contributed by atoms with van der Waals surface area (Å²) in [5.74, 6) is 1.18. The van der Waals surface area contributed by atoms with Crippen LogP contribution in [-0.2, 0) is 11.3 Å². The molecule has 0 saturated heterocycles. The summed E-state index contributed by atoms with van der Waals surface area (Å²) in [6.07, 6.45) is 0.855. The first-order valence-electron chi connectivity index (χ1n) is 10.1. The van der Waals surface area contributed by atoms with Crippen molar-refractivity contribution in [3.8, 4) is 17.1 Å². The summed E-state index contributed by atoms with van der Waals surface area (Å²) in [7, 11) is 0. The molecule has 1 aliphatic rings. The molecule has 9 heteroatoms. The number of urea groups is 1. The number of nitrogens with zero attached hydrogens (tertiary/aromatic N) is 3. The van der Waals surface area contributed by atoms with E-state index in [-0.39, 0.29) is 31.1 Å². The number of carbonyl (C=O) groups is 2. The van der Waals surface area contributed by atoms with E-state index in [1.807, 2.05) is 38.1 Å². The number of nitrogens with one attached hydrogen (secondary N) is 2. The van der Waals surface area contributed by atoms with Crippen molar-refractivity contribution in [1.82, 2.24) is 15.5 Å². The number of hydrogen-bond acceptors (Lipinski definition) is 6. The summed E-state index contributed by atoms with van der Waals surface area (Å²) in [6, 6.07) is 14.3. The van der Waals surface area contributed by atoms with Crippen molar-refractivity contribution in [3.05, 3.63) is 54.4 Å². The Morgan fingerprint density at radius 3 is 2.74 bits per heavy atom. The van der Waals surface area contributed by atoms with E-state index in [2.05, 4.69) is 20.8 Å². The van der Waals surface area contributed by atoms with Gasteiger partial charge in [-0.3, -0.25) is 9.69 Å². The van der Waals surface area contributed by atoms with Crippen molar-refractivity contribution in [2.45, 2.75) is 32.9 Å². The third kappa shape index (κ3) is 4.66. The Kier molecular flexibility index (Phi) is 5.83. The topological polar surface area (TPSA) is 110 Å². The fourth-order valence-corrected chi connectivity index (χ4v) is 3.09. The summed E-state index contributed by atoms with van der Waals surface area (Å²) >= 11 is 0. The summed E-state index contributed by atoms with van der Waals surface area (Å²) in [6.45, 7) is 4.07. The molecule has 0 unspecified atom stereocenters. The number of amides is 3. The van der Waals surface area contributed by atoms with E-state index in [0.29, 0.717) is 28.8 Å². The zero-order valence-corrected chi connectivity index (χ0v) is 17.3. The fourth-order valence-electron chi connectivity index (χ4n) is 3.09. The van der Waals surface area contributed by atoms with Crippen molar-refractivity contribution in [2.75, 3.05) is 16.8 Å². The molecule has 9 nitrogen and oxygen atoms in total. The minimum Gasteiger partial charge on any atom is -0.482 e. The van der Waals surface area contributed by atoms with Gasteiger partial charge in [-0.1, -0.05) is 24.2 Å². The van der Waals surface area contributed by atoms with E-state index >= 15 is 0 Å². The second kappa shape index (κ2) is 8.86. The van der Waals surface area contributed by atoms with Gasteiger partial charge in [0, 0.05) is 17.3 Å². The molecule has 0 aliphatic carbocycles. The van der Waals surface area contributed by atoms with Gasteiger partial charge in [0.2, 0.25) is 11.7 Å². The molecule has 3 aromatic rings. The van der Waals surface area contributed by atoms with Gasteiger partial charge < -0.3 is 19.9 Å². The van der Waals surface area contributed by atoms with Gasteiger partial charge in [0.25, 0.3) is 5.91 Å². The molecule has 2 aromatic carbocycles. The molecule has 4 rings (SSSR count). The zero-order chi connectivity index (χ0) is 21.8. The molecule has 1 atom stereocenters. The summed E-state index contributed by atoms with van der Waals surface area (Å²) in [5.41, 5.74) is 2.06. The number of hydrogen-bond donors (Lipinski definition) is 2. The Morgan fingerprint density at radius 1 is 1.19 bits per heavy atom. The van der Waals surface area contributed by atoms with Gasteiger partial charge in [0.05, 0.1) is 5.69 Å². The molecule has 3 amide bonds. The first-order chi connectivity index (χ1) is 15.0. The first kappa shape index (κ1) is 20.4. The molecule has 0 fully saturated rings. The van der Waals surface area contributed by atoms with Gasteiger partial charge >= 0.3 is 6.03 Å². The normalized spacial score (nSPS) is 13.9. The molecule has 2 heterocycles. The molecule has 2 N–H and O–H groups in total. The van der Waals surface area contributed by atoms with E-state index in [9.17, 15) is 9.59 Å². The van der Waals surface area contributed by atoms with Crippen LogP contribution < -0.4 is 20.3 Å². The summed E-state index contributed by atoms with van der Waals surface area (Å²) < 4.78 is 10.8. The van der Waals surface area contributed by atoms with Crippen LogP contribution >= 0.6 is 0 Å². The highest BCUT2D eigenvalue weighted by molar-refractivity contribution is 5.97. The van der Waals surface area contributed by atoms with E-state index in [1.54, 1.807) is 29.2 Å². The number of rotatable bonds is 6. The largest absolute Gasteiger partial charge is 0.482 e. The molecule has 1 aliphatic heterocycles. The molecule has 1 aromatic heterocycles. The number of anilines is 2. The van der Waals surface area contributed by atoms with Gasteiger partial charge in [-0.25, -0.2) is 4.79 Å². The molecular weight excluding hydrogens is 398 g/mol. The average molecular weight is 421 g/mol. The van der Waals surface area contributed by atoms with Crippen LogP contribution in [0.3, 0.4) is 0 Å². The number of para-hydroxylation sites is 2. The van der Waals surface area contributed by atoms with E-state index in [0.717, 1.165) is 12.0 Å². The molecule has 0 saturated carbocycles. The van der Waals surface area contributed by atoms with Gasteiger partial charge in [0.15, 0.2) is 6.61 Å². The molecule has 160 valence electrons. The number of fused-ring (bicyclic) bond motifs is 1. The minimum atomic E-state index is -0.251. The van der Waals surface area contributed by atoms with Crippen molar-refractivity contribution in [3.63, 3.8) is 0 Å². The smallest absolute Gasteiger partial charge is 0.319 e. The highest BCUT2D eigenvalue weighted by atomic mass is 16.5. The van der Waals surface area contributed by atoms with Crippen molar-refractivity contribution >= 4 is 23.3 Å². The van der Waals surface area contributed by atoms with Crippen LogP contribution in [0.15, 0.2) is 53.1 Å². The van der Waals surface area contributed by atoms with Gasteiger partial charge in [-0.15, -0.1) is 0 Å². The van der Waals surface area contributed by atoms with Crippen LogP contribution in [0.5, 0.6) is 5.75 Å². The summed E-state index contributed by atoms with van der Waals surface area (Å²) in [5, 5.41) is 9.65. The standard InChI is InChI=1S/C22H23N5O4/c1-3-14(2)23-22(29)24-16-10-8-15(9-11-16)21-25-19(31-26-21)12-27-17-6-4-5-7-18(17)30-13-20(27)28/h4-11,14H,3,12-13H2,1-2H3,(H2,23,24,29)/t14-/m1/s1. The van der Waals surface area contributed by atoms with Crippen LogP contribution in [0.2, 0.25) is 0 Å². The SMILES string of the molecule is CC[C@@H](C)NC(=O)Nc1ccc(-c2noc(CN3C(=O)COc4ccccc43)n2)cc1. The van der Waals surface area contributed by atoms with Crippen LogP contribution in [0, 0.1) is 0 Å². The number of aromatic nitrogens is 2. The first-order valence-corrected chi connectivity index (χ1v) is 10.1. The number of carbonyl (C=O) groups excluding carboxylic acids is 2. The maximum atomic E-state index is 12.3. The Balaban J connectivity index is 1.43. The molecule has 0 radical (unpaired) electrons. The zero-order valence-electron chi connectivity index (χ0n) is 17.3. The Morgan fingerprint density at radius 2 is 1.97 bits per heavy atom. The maximum absolute atomic E-state index is 12.3. The van der Waals surface area contributed by atoms with Crippen molar-refractivity contribution in [2.24, 2.45) is 0 Å². The van der Waals surface area contributed by atoms with Crippen molar-refractivity contribution < 1.29 is 18.8 Å². The highest BCUT2D eigenvalue weighted by Crippen LogP contribution is 2.32. The van der Waals surface area contributed by atoms with Crippen molar-refractivity contribution in [1.29, 1.82) is 0 Å². The van der Waals surface area contributed by atoms with Gasteiger partial charge in [-0.2, -0.15) is 4.98 Å². The Labute approximate surface area is 179 Å². The average Bonchev–Trinajstić information content (AvgIpc) is 3.25. The fraction of sp³-hybridized carbons (Fsp3) is 0.273. The number of benzene rings is 2. The number of ether oxygens (including phenoxy) is 1. The third-order valence-corrected chi connectivity index (χ3v) is 4.96. The van der Waals surface area contributed by atoms with Gasteiger partial charge in [-0.05, 0) is 49.7 Å². The predicted octanol–water partition coefficient (Wildman–Crippen LogP) is 3.58. The van der Waals surface area contributed by atoms with E-state index in [4.69, 9.17) is 9.26 Å². The second-order valence-corrected chi connectivity index (χ2v) is 7.23. The van der Waals surface area contributed by atoms with E-state index in [1.165, 1.54) is 0 Å². The lowest BCUT2D eigenvalue weighted by Crippen LogP contribution is -2.38. The van der Waals surface area contributed by atoms with Crippen LogP contribution in [0.4, 0.5) is 16.2 Å². The maximum Gasteiger partial charge on any atom is 0.319 e. The van der Waals surface area contributed by atoms with Crippen LogP contribution in [0.25, 0.3) is 11.4 Å². The van der Waals surface area contributed by atoms with E-state index < -0.39 is 0 Å². The van der Waals surface area contributed by atoms with Gasteiger partial charge in [0.1, 0.15) is 12.3 Å². The predicted molar refractivity (Wildman–Crippen MR) is 115 cm³/mol. The quantitative estimate of drug-likeness (QED) is 0.630. The lowest BCUT2D eigenvalue weighted by molar-refractivity contribution is -0.121. The van der Waals surface area contributed by atoms with Crippen LogP contribution in [0.1, 0.15) is 26.2 Å². The molecule has 31 heavy (non-hydrogen) atoms. The van der Waals surface area contributed by atoms with Crippen LogP contribution in [-0.4, -0.2) is 34.7 Å². The molecular formula is C22H23N5O4. The Hall–Kier alpha value is -3.88. The Bertz CT molecular complexity index is 1080. The lowest BCUT2D eigenvalue weighted by atomic mass is 10.2. The highest BCUT2D eigenvalue weighted by Gasteiger charge is 2.27. The minimum absolute atomic E-state index is 0.0307. The molecule has 0 bridgehead atoms. The summed E-state index contributed by atoms with van der Waals surface area (Å²) in [4.78, 5) is 30.2. The lowest BCUT2D eigenvalue weighted by Gasteiger charge is -2.27. The third-order valence-electron chi connectivity index (χ3n) is 4.96. The molecule has 0 spiro atoms. The monoisotopic (exact) mass is 421 g/mol.